The van der Waals surface area contributed by atoms with E-state index < -0.39 is 192 Å². The Morgan fingerprint density at radius 1 is 0.663 bits per heavy atom. The molecular weight excluding hydrogens is 1380 g/mol. The van der Waals surface area contributed by atoms with Crippen LogP contribution in [0.15, 0.2) is 47.8 Å². The average molecular weight is 1490 g/mol. The Labute approximate surface area is 605 Å². The Morgan fingerprint density at radius 2 is 1.26 bits per heavy atom. The van der Waals surface area contributed by atoms with Crippen molar-refractivity contribution in [3.05, 3.63) is 54.1 Å². The fourth-order valence-electron chi connectivity index (χ4n) is 10.8. The molecule has 33 nitrogen and oxygen atoms in total. The first-order valence-corrected chi connectivity index (χ1v) is 34.9. The monoisotopic (exact) mass is 1480 g/mol. The van der Waals surface area contributed by atoms with E-state index >= 15 is 0 Å². The molecule has 1 aromatic carbocycles. The van der Waals surface area contributed by atoms with Crippen LogP contribution in [0.5, 0.6) is 0 Å². The van der Waals surface area contributed by atoms with Crippen molar-refractivity contribution >= 4 is 99.6 Å². The number of hydrogen-bond donors (Lipinski definition) is 15. The fraction of sp³-hybridized carbons (Fsp3) is 0.636. The number of nitrogens with zero attached hydrogens (tertiary/aromatic N) is 2. The van der Waals surface area contributed by atoms with Crippen LogP contribution in [0.25, 0.3) is 0 Å². The number of imidazole rings is 1. The van der Waals surface area contributed by atoms with Gasteiger partial charge in [-0.15, -0.1) is 0 Å². The summed E-state index contributed by atoms with van der Waals surface area (Å²) in [6.07, 6.45) is -0.0657. The van der Waals surface area contributed by atoms with Gasteiger partial charge in [0.2, 0.25) is 70.9 Å². The van der Waals surface area contributed by atoms with E-state index in [9.17, 15) is 77.3 Å². The van der Waals surface area contributed by atoms with Crippen LogP contribution in [0.3, 0.4) is 0 Å². The number of carboxylic acid groups (broad SMARTS) is 2. The molecule has 15 atom stereocenters. The van der Waals surface area contributed by atoms with E-state index in [1.165, 1.54) is 24.3 Å². The van der Waals surface area contributed by atoms with Crippen molar-refractivity contribution in [2.45, 2.75) is 223 Å². The quantitative estimate of drug-likeness (QED) is 0.0317. The first-order valence-electron chi connectivity index (χ1n) is 34.1. The van der Waals surface area contributed by atoms with Crippen molar-refractivity contribution in [3.63, 3.8) is 0 Å². The van der Waals surface area contributed by atoms with Crippen LogP contribution in [-0.4, -0.2) is 189 Å². The van der Waals surface area contributed by atoms with Crippen molar-refractivity contribution < 1.29 is 96.8 Å². The number of rotatable bonds is 31. The summed E-state index contributed by atoms with van der Waals surface area (Å²) in [5.74, 6) is -16.4. The molecule has 4 rings (SSSR count). The molecule has 0 aliphatic carbocycles. The maximum absolute atomic E-state index is 14.9. The van der Waals surface area contributed by atoms with Crippen LogP contribution in [0, 0.1) is 23.7 Å². The van der Waals surface area contributed by atoms with E-state index in [1.54, 1.807) is 71.9 Å². The van der Waals surface area contributed by atoms with Crippen LogP contribution in [0.4, 0.5) is 0 Å². The molecule has 2 aliphatic rings. The van der Waals surface area contributed by atoms with Crippen molar-refractivity contribution in [3.8, 4) is 0 Å². The minimum atomic E-state index is -2.01. The number of nitrogens with two attached hydrogens (primary N) is 3. The second-order valence-electron chi connectivity index (χ2n) is 25.9. The summed E-state index contributed by atoms with van der Waals surface area (Å²) in [5.41, 5.74) is 18.7. The first kappa shape index (κ1) is 86.8. The van der Waals surface area contributed by atoms with Crippen molar-refractivity contribution in [1.82, 2.24) is 68.5 Å². The molecule has 1 saturated heterocycles. The number of aromatic nitrogens is 2. The molecule has 1 aromatic heterocycles. The number of hydrogen-bond acceptors (Lipinski definition) is 21. The standard InChI is InChI=1S/C66H103N17O16S.Zn/c1-9-35(6)52(69)66-72-32-48(100-66)63(97)80-43(26-34(4)5)59(93)75-42(22-23-50(85)86)58(92)83-53(36(7)10-2)64(98)76-40-20-15-16-25-71-55(89)46(29-49(68)84)78-62(96)47(30-51(87)88)79-61(95)45(28-39-31-70-33-73-39)77-60(94)44(27-38-18-13-12-14-19-38)81-65(99)54(37(8)11-3)82-57(91)41(21-17-24-67)74-56(40)90;/h12-14,18-19,31,33-37,40-48,52-54H,9-11,15-17,20-30,32,67,69H2,1-8H3,(H2,68,84)(H,70,73)(H,71,89)(H,74,90)(H,75,93)(H,76,98)(H,77,94)(H,78,96)(H,79,95)(H,80,97)(H,81,99)(H,82,91)(H,83,92)(H,85,86)(H,87,88);/q;+2/p-2. The molecule has 101 heavy (non-hydrogen) atoms. The van der Waals surface area contributed by atoms with Gasteiger partial charge in [-0.1, -0.05) is 117 Å². The third kappa shape index (κ3) is 29.2. The second kappa shape index (κ2) is 44.1. The van der Waals surface area contributed by atoms with Gasteiger partial charge in [0, 0.05) is 49.6 Å². The maximum Gasteiger partial charge on any atom is 2.00 e. The zero-order chi connectivity index (χ0) is 74.3. The summed E-state index contributed by atoms with van der Waals surface area (Å²) in [6.45, 7) is 14.1. The van der Waals surface area contributed by atoms with Crippen molar-refractivity contribution in [2.24, 2.45) is 45.9 Å². The molecule has 3 heterocycles. The molecule has 2 aliphatic heterocycles. The molecule has 1 fully saturated rings. The summed E-state index contributed by atoms with van der Waals surface area (Å²) in [7, 11) is 0. The number of carboxylic acids is 2. The molecule has 0 spiro atoms. The molecular formula is C66H101N17O16SZn. The van der Waals surface area contributed by atoms with E-state index in [2.05, 4.69) is 73.4 Å². The zero-order valence-electron chi connectivity index (χ0n) is 58.8. The van der Waals surface area contributed by atoms with Gasteiger partial charge in [0.1, 0.15) is 65.7 Å². The zero-order valence-corrected chi connectivity index (χ0v) is 62.6. The summed E-state index contributed by atoms with van der Waals surface area (Å²) >= 11 is 1.19. The molecule has 554 valence electrons. The van der Waals surface area contributed by atoms with E-state index in [1.807, 2.05) is 13.8 Å². The number of thioether (sulfide) groups is 1. The molecule has 12 amide bonds. The van der Waals surface area contributed by atoms with Crippen molar-refractivity contribution in [1.29, 1.82) is 0 Å². The molecule has 0 radical (unpaired) electrons. The number of carbonyl (C=O) groups is 14. The van der Waals surface area contributed by atoms with Gasteiger partial charge in [0.25, 0.3) is 0 Å². The van der Waals surface area contributed by atoms with Gasteiger partial charge in [0.15, 0.2) is 0 Å². The van der Waals surface area contributed by atoms with E-state index in [0.717, 1.165) is 6.42 Å². The number of amides is 12. The van der Waals surface area contributed by atoms with E-state index in [4.69, 9.17) is 17.2 Å². The normalized spacial score (nSPS) is 22.9. The van der Waals surface area contributed by atoms with Gasteiger partial charge in [-0.2, -0.15) is 0 Å². The van der Waals surface area contributed by atoms with Gasteiger partial charge in [-0.05, 0) is 87.1 Å². The van der Waals surface area contributed by atoms with Crippen LogP contribution in [0.2, 0.25) is 0 Å². The average Bonchev–Trinajstić information content (AvgIpc) is 1.78. The SMILES string of the molecule is CCC(C)C(N)C1=NCC(C(=O)NC(CC(C)C)C(=O)NC(CCC(=O)[O-])C(=O)NC(C(=O)NC2CCCCNC(=O)C(CC(N)=O)NC(=O)C(CC(=O)[O-])NC(=O)C(Cc3cnc[nH]3)NC(=O)C(Cc3ccccc3)NC(=O)C(C(C)CC)NC(=O)C(CCCN)NC2=O)C(C)CC)S1.[Zn+2]. The predicted octanol–water partition coefficient (Wildman–Crippen LogP) is -4.35. The van der Waals surface area contributed by atoms with Gasteiger partial charge in [-0.25, -0.2) is 4.98 Å². The number of aromatic amines is 1. The minimum absolute atomic E-state index is 0. The van der Waals surface area contributed by atoms with Crippen LogP contribution in [0.1, 0.15) is 150 Å². The number of aliphatic imine (C=N–C) groups is 1. The number of aliphatic carboxylic acids is 2. The van der Waals surface area contributed by atoms with Crippen LogP contribution in [-0.2, 0) is 99.4 Å². The Balaban J connectivity index is 0.0000265. The second-order valence-corrected chi connectivity index (χ2v) is 27.1. The first-order chi connectivity index (χ1) is 47.4. The summed E-state index contributed by atoms with van der Waals surface area (Å²) < 4.78 is 0. The number of H-pyrrole nitrogens is 1. The molecule has 0 bridgehead atoms. The van der Waals surface area contributed by atoms with Gasteiger partial charge < -0.3 is 100 Å². The minimum Gasteiger partial charge on any atom is -0.550 e. The van der Waals surface area contributed by atoms with Gasteiger partial charge in [-0.3, -0.25) is 62.5 Å². The molecule has 15 unspecified atom stereocenters. The maximum atomic E-state index is 14.9. The largest absolute Gasteiger partial charge is 2.00 e. The van der Waals surface area contributed by atoms with E-state index in [0.29, 0.717) is 10.6 Å². The Bertz CT molecular complexity index is 3170. The third-order valence-corrected chi connectivity index (χ3v) is 18.7. The van der Waals surface area contributed by atoms with Gasteiger partial charge in [0.05, 0.1) is 30.4 Å². The van der Waals surface area contributed by atoms with Crippen LogP contribution < -0.4 is 85.9 Å². The molecule has 18 N–H and O–H groups in total. The topological polar surface area (TPSA) is 537 Å². The number of carbonyl (C=O) groups excluding carboxylic acids is 14. The molecule has 0 saturated carbocycles. The smallest absolute Gasteiger partial charge is 0.550 e. The van der Waals surface area contributed by atoms with E-state index in [-0.39, 0.29) is 121 Å². The number of nitrogens with one attached hydrogen (secondary N) is 12. The predicted molar refractivity (Wildman–Crippen MR) is 364 cm³/mol. The van der Waals surface area contributed by atoms with Crippen molar-refractivity contribution in [2.75, 3.05) is 19.6 Å². The number of benzene rings is 1. The fourth-order valence-corrected chi connectivity index (χ4v) is 12.0. The summed E-state index contributed by atoms with van der Waals surface area (Å²) in [5, 5.41) is 52.5. The Kier molecular flexibility index (Phi) is 37.9. The third-order valence-electron chi connectivity index (χ3n) is 17.5. The van der Waals surface area contributed by atoms with Gasteiger partial charge >= 0.3 is 19.5 Å². The Morgan fingerprint density at radius 3 is 1.84 bits per heavy atom. The molecule has 2 aromatic rings. The molecule has 35 heteroatoms. The van der Waals surface area contributed by atoms with Crippen LogP contribution >= 0.6 is 11.8 Å². The number of primary amides is 1. The summed E-state index contributed by atoms with van der Waals surface area (Å²) in [6, 6.07) is -7.73. The summed E-state index contributed by atoms with van der Waals surface area (Å²) in [4.78, 5) is 206. The Hall–Kier alpha value is -8.43.